The van der Waals surface area contributed by atoms with Gasteiger partial charge in [-0.25, -0.2) is 0 Å². The lowest BCUT2D eigenvalue weighted by molar-refractivity contribution is 0.332. The summed E-state index contributed by atoms with van der Waals surface area (Å²) < 4.78 is 0. The van der Waals surface area contributed by atoms with Crippen LogP contribution in [0.25, 0.3) is 44.5 Å². The minimum absolute atomic E-state index is 0.0274. The molecule has 0 saturated carbocycles. The van der Waals surface area contributed by atoms with Crippen LogP contribution in [0.15, 0.2) is 146 Å². The van der Waals surface area contributed by atoms with E-state index in [-0.39, 0.29) is 39.3 Å². The summed E-state index contributed by atoms with van der Waals surface area (Å²) in [4.78, 5) is 5.63. The molecule has 0 saturated heterocycles. The molecule has 6 aliphatic rings. The van der Waals surface area contributed by atoms with Crippen molar-refractivity contribution in [2.24, 2.45) is 0 Å². The van der Waals surface area contributed by atoms with Gasteiger partial charge in [-0.1, -0.05) is 192 Å². The van der Waals surface area contributed by atoms with Gasteiger partial charge in [-0.15, -0.1) is 0 Å². The van der Waals surface area contributed by atoms with E-state index in [0.717, 1.165) is 6.42 Å². The van der Waals surface area contributed by atoms with Crippen LogP contribution in [0.4, 0.5) is 28.4 Å². The van der Waals surface area contributed by atoms with Gasteiger partial charge in [-0.2, -0.15) is 0 Å². The highest BCUT2D eigenvalue weighted by molar-refractivity contribution is 6.93. The third-order valence-electron chi connectivity index (χ3n) is 20.0. The van der Waals surface area contributed by atoms with Crippen LogP contribution in [0.3, 0.4) is 0 Å². The second-order valence-electron chi connectivity index (χ2n) is 27.0. The number of aryl methyl sites for hydroxylation is 1. The predicted molar refractivity (Wildman–Crippen MR) is 316 cm³/mol. The molecular weight excluding hydrogens is 892 g/mol. The largest absolute Gasteiger partial charge is 0.376 e. The van der Waals surface area contributed by atoms with Gasteiger partial charge in [0, 0.05) is 44.8 Å². The van der Waals surface area contributed by atoms with Crippen LogP contribution in [-0.4, -0.2) is 6.85 Å². The number of hydrogen-bond acceptors (Lipinski definition) is 2. The molecule has 2 aliphatic heterocycles. The molecule has 2 nitrogen and oxygen atoms in total. The number of hydrogen-bond donors (Lipinski definition) is 0. The first-order valence-electron chi connectivity index (χ1n) is 27.8. The van der Waals surface area contributed by atoms with Crippen LogP contribution in [-0.2, 0) is 32.5 Å². The third kappa shape index (κ3) is 6.02. The monoisotopic (exact) mass is 963 g/mol. The first kappa shape index (κ1) is 46.0. The second kappa shape index (κ2) is 14.8. The topological polar surface area (TPSA) is 6.48 Å². The predicted octanol–water partition coefficient (Wildman–Crippen LogP) is 17.7. The molecule has 0 atom stereocenters. The van der Waals surface area contributed by atoms with Crippen LogP contribution in [0.1, 0.15) is 159 Å². The van der Waals surface area contributed by atoms with Crippen molar-refractivity contribution in [3.05, 3.63) is 196 Å². The van der Waals surface area contributed by atoms with Crippen LogP contribution in [0.5, 0.6) is 0 Å². The third-order valence-corrected chi connectivity index (χ3v) is 20.0. The highest BCUT2D eigenvalue weighted by atomic mass is 15.2. The molecule has 8 aromatic carbocycles. The number of nitrogens with zero attached hydrogens (tertiary/aromatic N) is 2. The van der Waals surface area contributed by atoms with Gasteiger partial charge in [-0.3, -0.25) is 0 Å². The van der Waals surface area contributed by atoms with Crippen molar-refractivity contribution in [3.63, 3.8) is 0 Å². The van der Waals surface area contributed by atoms with Gasteiger partial charge in [0.25, 0.3) is 0 Å². The fourth-order valence-corrected chi connectivity index (χ4v) is 15.7. The van der Waals surface area contributed by atoms with E-state index in [1.54, 1.807) is 0 Å². The number of anilines is 5. The summed E-state index contributed by atoms with van der Waals surface area (Å²) in [6.45, 7) is 32.1. The fraction of sp³-hybridized carbons (Fsp3) is 0.324. The molecule has 4 aliphatic carbocycles. The molecule has 74 heavy (non-hydrogen) atoms. The van der Waals surface area contributed by atoms with Crippen molar-refractivity contribution in [2.75, 3.05) is 9.71 Å². The molecule has 14 rings (SSSR count). The maximum atomic E-state index is 2.82. The zero-order chi connectivity index (χ0) is 51.4. The van der Waals surface area contributed by atoms with Crippen molar-refractivity contribution in [3.8, 4) is 44.5 Å². The molecule has 0 bridgehead atoms. The Bertz CT molecular complexity index is 3770. The summed E-state index contributed by atoms with van der Waals surface area (Å²) in [5, 5.41) is 0. The van der Waals surface area contributed by atoms with Gasteiger partial charge in [0.05, 0.1) is 0 Å². The molecule has 0 fully saturated rings. The average Bonchev–Trinajstić information content (AvgIpc) is 3.82. The normalized spacial score (nSPS) is 19.5. The van der Waals surface area contributed by atoms with Gasteiger partial charge >= 0.3 is 6.85 Å². The summed E-state index contributed by atoms with van der Waals surface area (Å²) in [5.41, 5.74) is 32.7. The molecule has 0 unspecified atom stereocenters. The molecule has 0 amide bonds. The molecule has 0 aromatic heterocycles. The summed E-state index contributed by atoms with van der Waals surface area (Å²) in [6, 6.07) is 57.7. The van der Waals surface area contributed by atoms with Crippen LogP contribution < -0.4 is 20.6 Å². The quantitative estimate of drug-likeness (QED) is 0.163. The Labute approximate surface area is 442 Å². The van der Waals surface area contributed by atoms with E-state index < -0.39 is 0 Å². The first-order valence-corrected chi connectivity index (χ1v) is 27.8. The smallest absolute Gasteiger partial charge is 0.333 e. The Hall–Kier alpha value is -6.58. The lowest BCUT2D eigenvalue weighted by Crippen LogP contribution is -2.62. The Morgan fingerprint density at radius 3 is 1.62 bits per heavy atom. The van der Waals surface area contributed by atoms with E-state index in [2.05, 4.69) is 245 Å². The van der Waals surface area contributed by atoms with Gasteiger partial charge in [0.15, 0.2) is 0 Å². The van der Waals surface area contributed by atoms with E-state index >= 15 is 0 Å². The fourth-order valence-electron chi connectivity index (χ4n) is 15.7. The Kier molecular flexibility index (Phi) is 9.22. The van der Waals surface area contributed by atoms with Crippen molar-refractivity contribution < 1.29 is 0 Å². The minimum Gasteiger partial charge on any atom is -0.376 e. The average molecular weight is 963 g/mol. The summed E-state index contributed by atoms with van der Waals surface area (Å²) in [7, 11) is 0. The molecule has 0 spiro atoms. The van der Waals surface area contributed by atoms with Crippen molar-refractivity contribution in [1.82, 2.24) is 0 Å². The zero-order valence-corrected chi connectivity index (χ0v) is 46.2. The van der Waals surface area contributed by atoms with Crippen LogP contribution >= 0.6 is 0 Å². The lowest BCUT2D eigenvalue weighted by atomic mass is 9.42. The maximum Gasteiger partial charge on any atom is 0.333 e. The summed E-state index contributed by atoms with van der Waals surface area (Å²) in [5.74, 6) is 0. The van der Waals surface area contributed by atoms with Crippen LogP contribution in [0, 0.1) is 6.92 Å². The van der Waals surface area contributed by atoms with Gasteiger partial charge in [-0.05, 0) is 191 Å². The molecule has 8 aromatic rings. The molecule has 368 valence electrons. The SMILES string of the molecule is Cc1cc2c(cc1N1c3cc(-c4ccccc4)ccc3B3c4c(cc5c(c41)C(C)(C)c1ccccc1-5)-c1c(ccc4c1C(C)(C)c1ccccc1-4)N3c1ccc3c(c1)C(C)(C)CCC3(C)C)C(C)(C)CCC2(C)C. The highest BCUT2D eigenvalue weighted by Crippen LogP contribution is 2.62. The van der Waals surface area contributed by atoms with Gasteiger partial charge < -0.3 is 9.71 Å². The second-order valence-corrected chi connectivity index (χ2v) is 27.0. The number of fused-ring (bicyclic) bond motifs is 14. The molecular formula is C71H71BN2. The van der Waals surface area contributed by atoms with E-state index in [1.807, 2.05) is 0 Å². The molecule has 0 N–H and O–H groups in total. The van der Waals surface area contributed by atoms with Gasteiger partial charge in [0.1, 0.15) is 0 Å². The Morgan fingerprint density at radius 2 is 0.959 bits per heavy atom. The molecule has 0 radical (unpaired) electrons. The lowest BCUT2D eigenvalue weighted by Gasteiger charge is -2.49. The number of rotatable bonds is 3. The maximum absolute atomic E-state index is 2.82. The standard InChI is InChI=1S/C71H71BN2/c1-42-37-54-56(69(8,9)36-35-67(54,4)5)41-59(42)73-60-38-44(43-21-15-14-16-22-43)27-31-57(60)72-64-50(40-49-47-24-18-20-26-52(47)71(12,13)63(49)65(64)73)61-58(32-29-48-46-23-17-19-25-51(46)70(10,11)62(48)61)74(72)45-28-30-53-55(39-45)68(6,7)34-33-66(53,2)3/h14-32,37-41H,33-36H2,1-13H3. The van der Waals surface area contributed by atoms with Crippen molar-refractivity contribution in [1.29, 1.82) is 0 Å². The van der Waals surface area contributed by atoms with E-state index in [0.29, 0.717) is 0 Å². The molecule has 2 heterocycles. The van der Waals surface area contributed by atoms with E-state index in [9.17, 15) is 0 Å². The summed E-state index contributed by atoms with van der Waals surface area (Å²) >= 11 is 0. The Balaban J connectivity index is 1.18. The minimum atomic E-state index is -0.294. The van der Waals surface area contributed by atoms with E-state index in [1.165, 1.54) is 153 Å². The molecule has 3 heteroatoms. The highest BCUT2D eigenvalue weighted by Gasteiger charge is 2.53. The van der Waals surface area contributed by atoms with Crippen molar-refractivity contribution in [2.45, 2.75) is 148 Å². The summed E-state index contributed by atoms with van der Waals surface area (Å²) in [6.07, 6.45) is 4.70. The van der Waals surface area contributed by atoms with Crippen molar-refractivity contribution >= 4 is 46.2 Å². The Morgan fingerprint density at radius 1 is 0.392 bits per heavy atom. The van der Waals surface area contributed by atoms with Gasteiger partial charge in [0.2, 0.25) is 0 Å². The first-order chi connectivity index (χ1) is 35.1. The van der Waals surface area contributed by atoms with E-state index in [4.69, 9.17) is 0 Å². The zero-order valence-electron chi connectivity index (χ0n) is 46.2. The van der Waals surface area contributed by atoms with Crippen LogP contribution in [0.2, 0.25) is 0 Å². The number of benzene rings is 8.